The van der Waals surface area contributed by atoms with Crippen LogP contribution in [0.1, 0.15) is 21.7 Å². The van der Waals surface area contributed by atoms with Crippen LogP contribution in [0.4, 0.5) is 5.69 Å². The van der Waals surface area contributed by atoms with Crippen LogP contribution in [-0.2, 0) is 0 Å². The van der Waals surface area contributed by atoms with E-state index in [1.807, 2.05) is 13.8 Å². The van der Waals surface area contributed by atoms with E-state index in [-0.39, 0.29) is 11.2 Å². The van der Waals surface area contributed by atoms with E-state index in [2.05, 4.69) is 5.32 Å². The highest BCUT2D eigenvalue weighted by Gasteiger charge is 2.14. The summed E-state index contributed by atoms with van der Waals surface area (Å²) in [5.41, 5.74) is 2.59. The summed E-state index contributed by atoms with van der Waals surface area (Å²) in [7, 11) is 0. The number of hydrogen-bond acceptors (Lipinski definition) is 3. The molecule has 23 heavy (non-hydrogen) atoms. The first-order chi connectivity index (χ1) is 11.0. The van der Waals surface area contributed by atoms with Crippen molar-refractivity contribution in [3.05, 3.63) is 74.6 Å². The molecule has 0 saturated heterocycles. The molecule has 0 spiro atoms. The first-order valence-electron chi connectivity index (χ1n) is 7.06. The number of hydrogen-bond donors (Lipinski definition) is 1. The number of rotatable bonds is 2. The second-order valence-corrected chi connectivity index (χ2v) is 5.75. The molecule has 0 aliphatic heterocycles. The Morgan fingerprint density at radius 1 is 1.09 bits per heavy atom. The van der Waals surface area contributed by atoms with Crippen LogP contribution in [0, 0.1) is 13.8 Å². The van der Waals surface area contributed by atoms with Gasteiger partial charge in [-0.2, -0.15) is 0 Å². The van der Waals surface area contributed by atoms with Gasteiger partial charge >= 0.3 is 0 Å². The van der Waals surface area contributed by atoms with Gasteiger partial charge in [-0.1, -0.05) is 23.7 Å². The summed E-state index contributed by atoms with van der Waals surface area (Å²) in [5.74, 6) is -0.569. The third-order valence-corrected chi connectivity index (χ3v) is 4.02. The van der Waals surface area contributed by atoms with Gasteiger partial charge in [-0.05, 0) is 49.2 Å². The SMILES string of the molecule is Cc1cc2oc(C(=O)Nc3ccccc3Cl)cc(=O)c2cc1C. The third kappa shape index (κ3) is 2.98. The molecular weight excluding hydrogens is 314 g/mol. The number of carbonyl (C=O) groups excluding carboxylic acids is 1. The molecule has 3 aromatic rings. The molecule has 2 aromatic carbocycles. The number of aryl methyl sites for hydroxylation is 2. The van der Waals surface area contributed by atoms with Crippen molar-refractivity contribution in [2.45, 2.75) is 13.8 Å². The van der Waals surface area contributed by atoms with Gasteiger partial charge in [0.2, 0.25) is 0 Å². The summed E-state index contributed by atoms with van der Waals surface area (Å²) in [6.07, 6.45) is 0. The van der Waals surface area contributed by atoms with Crippen molar-refractivity contribution in [2.24, 2.45) is 0 Å². The molecule has 0 atom stereocenters. The van der Waals surface area contributed by atoms with Crippen molar-refractivity contribution in [2.75, 3.05) is 5.32 Å². The van der Waals surface area contributed by atoms with Gasteiger partial charge in [0.05, 0.1) is 16.1 Å². The van der Waals surface area contributed by atoms with Crippen LogP contribution < -0.4 is 10.7 Å². The van der Waals surface area contributed by atoms with Crippen molar-refractivity contribution in [1.82, 2.24) is 0 Å². The van der Waals surface area contributed by atoms with Crippen molar-refractivity contribution in [1.29, 1.82) is 0 Å². The number of para-hydroxylation sites is 1. The van der Waals surface area contributed by atoms with Crippen LogP contribution in [0.15, 0.2) is 51.7 Å². The molecule has 0 aliphatic rings. The summed E-state index contributed by atoms with van der Waals surface area (Å²) in [5, 5.41) is 3.51. The fourth-order valence-electron chi connectivity index (χ4n) is 2.27. The van der Waals surface area contributed by atoms with Crippen LogP contribution in [-0.4, -0.2) is 5.91 Å². The second kappa shape index (κ2) is 5.89. The lowest BCUT2D eigenvalue weighted by atomic mass is 10.1. The Hall–Kier alpha value is -2.59. The molecule has 116 valence electrons. The van der Waals surface area contributed by atoms with Crippen molar-refractivity contribution in [3.63, 3.8) is 0 Å². The largest absolute Gasteiger partial charge is 0.451 e. The van der Waals surface area contributed by atoms with Gasteiger partial charge in [-0.15, -0.1) is 0 Å². The predicted octanol–water partition coefficient (Wildman–Crippen LogP) is 4.32. The first kappa shape index (κ1) is 15.3. The van der Waals surface area contributed by atoms with Crippen molar-refractivity contribution in [3.8, 4) is 0 Å². The molecule has 1 amide bonds. The van der Waals surface area contributed by atoms with Crippen LogP contribution >= 0.6 is 11.6 Å². The number of anilines is 1. The minimum absolute atomic E-state index is 0.0503. The number of nitrogens with one attached hydrogen (secondary N) is 1. The molecule has 0 radical (unpaired) electrons. The van der Waals surface area contributed by atoms with E-state index < -0.39 is 5.91 Å². The minimum atomic E-state index is -0.518. The average molecular weight is 328 g/mol. The number of carbonyl (C=O) groups is 1. The van der Waals surface area contributed by atoms with Crippen molar-refractivity contribution >= 4 is 34.2 Å². The molecule has 1 N–H and O–H groups in total. The molecule has 4 nitrogen and oxygen atoms in total. The molecule has 0 aliphatic carbocycles. The Morgan fingerprint density at radius 3 is 2.52 bits per heavy atom. The molecule has 3 rings (SSSR count). The monoisotopic (exact) mass is 327 g/mol. The highest BCUT2D eigenvalue weighted by Crippen LogP contribution is 2.22. The zero-order valence-corrected chi connectivity index (χ0v) is 13.4. The Kier molecular flexibility index (Phi) is 3.92. The fraction of sp³-hybridized carbons (Fsp3) is 0.111. The van der Waals surface area contributed by atoms with Gasteiger partial charge in [0.15, 0.2) is 11.2 Å². The smallest absolute Gasteiger partial charge is 0.291 e. The van der Waals surface area contributed by atoms with E-state index >= 15 is 0 Å². The lowest BCUT2D eigenvalue weighted by Gasteiger charge is -2.08. The summed E-state index contributed by atoms with van der Waals surface area (Å²) in [6.45, 7) is 3.84. The van der Waals surface area contributed by atoms with E-state index in [9.17, 15) is 9.59 Å². The molecule has 0 bridgehead atoms. The topological polar surface area (TPSA) is 59.3 Å². The Balaban J connectivity index is 2.03. The maximum Gasteiger partial charge on any atom is 0.291 e. The Morgan fingerprint density at radius 2 is 1.78 bits per heavy atom. The van der Waals surface area contributed by atoms with Gasteiger partial charge in [0.1, 0.15) is 5.58 Å². The van der Waals surface area contributed by atoms with E-state index in [1.165, 1.54) is 6.07 Å². The van der Waals surface area contributed by atoms with Gasteiger partial charge in [0, 0.05) is 6.07 Å². The van der Waals surface area contributed by atoms with Crippen LogP contribution in [0.2, 0.25) is 5.02 Å². The normalized spacial score (nSPS) is 10.7. The van der Waals surface area contributed by atoms with Gasteiger partial charge in [-0.25, -0.2) is 0 Å². The van der Waals surface area contributed by atoms with E-state index in [4.69, 9.17) is 16.0 Å². The van der Waals surface area contributed by atoms with E-state index in [0.717, 1.165) is 11.1 Å². The molecule has 5 heteroatoms. The lowest BCUT2D eigenvalue weighted by Crippen LogP contribution is -2.15. The maximum absolute atomic E-state index is 12.3. The summed E-state index contributed by atoms with van der Waals surface area (Å²) < 4.78 is 5.60. The Bertz CT molecular complexity index is 976. The second-order valence-electron chi connectivity index (χ2n) is 5.34. The minimum Gasteiger partial charge on any atom is -0.451 e. The number of amides is 1. The highest BCUT2D eigenvalue weighted by atomic mass is 35.5. The summed E-state index contributed by atoms with van der Waals surface area (Å²) in [6, 6.07) is 11.6. The molecular formula is C18H14ClNO3. The van der Waals surface area contributed by atoms with Crippen LogP contribution in [0.25, 0.3) is 11.0 Å². The fourth-order valence-corrected chi connectivity index (χ4v) is 2.45. The molecule has 1 heterocycles. The number of halogens is 1. The molecule has 1 aromatic heterocycles. The average Bonchev–Trinajstić information content (AvgIpc) is 2.51. The van der Waals surface area contributed by atoms with Gasteiger partial charge in [-0.3, -0.25) is 9.59 Å². The maximum atomic E-state index is 12.3. The van der Waals surface area contributed by atoms with Crippen LogP contribution in [0.3, 0.4) is 0 Å². The van der Waals surface area contributed by atoms with Gasteiger partial charge < -0.3 is 9.73 Å². The zero-order valence-electron chi connectivity index (χ0n) is 12.6. The molecule has 0 unspecified atom stereocenters. The highest BCUT2D eigenvalue weighted by molar-refractivity contribution is 6.33. The number of benzene rings is 2. The summed E-state index contributed by atoms with van der Waals surface area (Å²) in [4.78, 5) is 24.5. The summed E-state index contributed by atoms with van der Waals surface area (Å²) >= 11 is 6.01. The van der Waals surface area contributed by atoms with E-state index in [1.54, 1.807) is 36.4 Å². The standard InChI is InChI=1S/C18H14ClNO3/c1-10-7-12-15(21)9-17(23-16(12)8-11(10)2)18(22)20-14-6-4-3-5-13(14)19/h3-9H,1-2H3,(H,20,22). The number of fused-ring (bicyclic) bond motifs is 1. The van der Waals surface area contributed by atoms with Gasteiger partial charge in [0.25, 0.3) is 5.91 Å². The lowest BCUT2D eigenvalue weighted by molar-refractivity contribution is 0.0997. The molecule has 0 saturated carbocycles. The Labute approximate surface area is 137 Å². The quantitative estimate of drug-likeness (QED) is 0.762. The first-order valence-corrected chi connectivity index (χ1v) is 7.44. The van der Waals surface area contributed by atoms with Crippen molar-refractivity contribution < 1.29 is 9.21 Å². The predicted molar refractivity (Wildman–Crippen MR) is 91.4 cm³/mol. The van der Waals surface area contributed by atoms with E-state index in [0.29, 0.717) is 21.7 Å². The zero-order chi connectivity index (χ0) is 16.6. The molecule has 0 fully saturated rings. The van der Waals surface area contributed by atoms with Crippen LogP contribution in [0.5, 0.6) is 0 Å². The third-order valence-electron chi connectivity index (χ3n) is 3.69.